The van der Waals surface area contributed by atoms with E-state index in [0.29, 0.717) is 11.1 Å². The minimum absolute atomic E-state index is 0.0191. The summed E-state index contributed by atoms with van der Waals surface area (Å²) in [7, 11) is -3.24. The second kappa shape index (κ2) is 9.66. The van der Waals surface area contributed by atoms with Gasteiger partial charge in [-0.2, -0.15) is 0 Å². The van der Waals surface area contributed by atoms with Crippen LogP contribution >= 0.6 is 0 Å². The van der Waals surface area contributed by atoms with Gasteiger partial charge in [-0.25, -0.2) is 18.4 Å². The van der Waals surface area contributed by atoms with Crippen LogP contribution in [-0.2, 0) is 14.8 Å². The molecule has 0 heterocycles. The average molecular weight is 480 g/mol. The number of carbonyl (C=O) groups excluding carboxylic acids is 2. The average Bonchev–Trinajstić information content (AvgIpc) is 2.81. The first-order valence-electron chi connectivity index (χ1n) is 9.74. The van der Waals surface area contributed by atoms with E-state index in [1.54, 1.807) is 30.3 Å². The lowest BCUT2D eigenvalue weighted by Crippen LogP contribution is -2.24. The van der Waals surface area contributed by atoms with Crippen molar-refractivity contribution in [3.8, 4) is 40.3 Å². The van der Waals surface area contributed by atoms with Crippen molar-refractivity contribution in [2.45, 2.75) is 4.90 Å². The fraction of sp³-hybridized carbons (Fsp3) is 0.0833. The zero-order chi connectivity index (χ0) is 25.0. The van der Waals surface area contributed by atoms with Gasteiger partial charge in [0, 0.05) is 16.7 Å². The number of primary sulfonamides is 1. The highest BCUT2D eigenvalue weighted by Gasteiger charge is 2.30. The molecule has 0 radical (unpaired) electrons. The number of para-hydroxylation sites is 1. The van der Waals surface area contributed by atoms with Crippen LogP contribution in [0.1, 0.15) is 20.7 Å². The lowest BCUT2D eigenvalue weighted by molar-refractivity contribution is 0.0553. The van der Waals surface area contributed by atoms with Gasteiger partial charge in [0.25, 0.3) is 5.91 Å². The fourth-order valence-electron chi connectivity index (χ4n) is 3.59. The first-order valence-corrected chi connectivity index (χ1v) is 11.3. The van der Waals surface area contributed by atoms with Crippen molar-refractivity contribution in [2.75, 3.05) is 19.5 Å². The van der Waals surface area contributed by atoms with E-state index in [0.717, 1.165) is 0 Å². The van der Waals surface area contributed by atoms with Gasteiger partial charge in [0.2, 0.25) is 10.0 Å². The summed E-state index contributed by atoms with van der Waals surface area (Å²) in [5.41, 5.74) is 12.1. The number of nitrogen functional groups attached to an aromatic ring is 1. The Morgan fingerprint density at radius 2 is 1.71 bits per heavy atom. The molecule has 3 aromatic rings. The van der Waals surface area contributed by atoms with E-state index in [1.807, 2.05) is 0 Å². The third-order valence-electron chi connectivity index (χ3n) is 4.95. The molecule has 0 aliphatic heterocycles. The normalized spacial score (nSPS) is 10.9. The molecular formula is C24H21N3O6S. The Balaban J connectivity index is 2.47. The second-order valence-corrected chi connectivity index (χ2v) is 8.53. The van der Waals surface area contributed by atoms with Crippen molar-refractivity contribution in [1.29, 1.82) is 0 Å². The zero-order valence-corrected chi connectivity index (χ0v) is 18.9. The van der Waals surface area contributed by atoms with E-state index in [4.69, 9.17) is 32.5 Å². The number of sulfonamides is 1. The van der Waals surface area contributed by atoms with Crippen LogP contribution in [0.5, 0.6) is 5.75 Å². The van der Waals surface area contributed by atoms with E-state index >= 15 is 0 Å². The highest BCUT2D eigenvalue weighted by atomic mass is 32.2. The van der Waals surface area contributed by atoms with Crippen LogP contribution in [0, 0.1) is 12.3 Å². The summed E-state index contributed by atoms with van der Waals surface area (Å²) in [5, 5.41) is 5.50. The summed E-state index contributed by atoms with van der Waals surface area (Å²) < 4.78 is 35.8. The third kappa shape index (κ3) is 4.56. The molecule has 0 spiro atoms. The van der Waals surface area contributed by atoms with Gasteiger partial charge in [-0.1, -0.05) is 48.4 Å². The summed E-state index contributed by atoms with van der Waals surface area (Å²) in [6.45, 7) is -0.277. The molecule has 0 fully saturated rings. The Hall–Kier alpha value is -4.33. The molecule has 6 N–H and O–H groups in total. The van der Waals surface area contributed by atoms with Gasteiger partial charge in [-0.15, -0.1) is 6.42 Å². The van der Waals surface area contributed by atoms with Crippen molar-refractivity contribution >= 4 is 27.6 Å². The van der Waals surface area contributed by atoms with E-state index in [1.165, 1.54) is 31.4 Å². The molecule has 174 valence electrons. The van der Waals surface area contributed by atoms with Gasteiger partial charge in [-0.05, 0) is 17.7 Å². The number of nitrogens with two attached hydrogens (primary N) is 3. The van der Waals surface area contributed by atoms with Gasteiger partial charge < -0.3 is 20.9 Å². The fourth-order valence-corrected chi connectivity index (χ4v) is 4.56. The van der Waals surface area contributed by atoms with Crippen LogP contribution in [0.15, 0.2) is 59.5 Å². The van der Waals surface area contributed by atoms with E-state index in [9.17, 15) is 18.0 Å². The maximum atomic E-state index is 12.7. The Labute approximate surface area is 196 Å². The molecule has 0 aromatic heterocycles. The maximum Gasteiger partial charge on any atom is 0.342 e. The van der Waals surface area contributed by atoms with Gasteiger partial charge in [0.05, 0.1) is 18.4 Å². The van der Waals surface area contributed by atoms with Crippen LogP contribution in [-0.4, -0.2) is 34.0 Å². The van der Waals surface area contributed by atoms with Gasteiger partial charge >= 0.3 is 5.97 Å². The summed E-state index contributed by atoms with van der Waals surface area (Å²) >= 11 is 0. The number of carbonyl (C=O) groups is 2. The van der Waals surface area contributed by atoms with E-state index in [-0.39, 0.29) is 34.7 Å². The number of anilines is 1. The van der Waals surface area contributed by atoms with Gasteiger partial charge in [0.1, 0.15) is 16.2 Å². The number of methoxy groups -OCH3 is 1. The first-order chi connectivity index (χ1) is 16.1. The van der Waals surface area contributed by atoms with Crippen LogP contribution < -0.4 is 21.3 Å². The Kier molecular flexibility index (Phi) is 6.91. The number of terminal acetylenes is 1. The summed E-state index contributed by atoms with van der Waals surface area (Å²) in [4.78, 5) is 24.3. The van der Waals surface area contributed by atoms with Crippen LogP contribution in [0.4, 0.5) is 5.69 Å². The van der Waals surface area contributed by atoms with Crippen molar-refractivity contribution < 1.29 is 27.5 Å². The van der Waals surface area contributed by atoms with Crippen molar-refractivity contribution in [3.05, 3.63) is 65.7 Å². The van der Waals surface area contributed by atoms with Gasteiger partial charge in [-0.3, -0.25) is 4.79 Å². The molecule has 34 heavy (non-hydrogen) atoms. The predicted molar refractivity (Wildman–Crippen MR) is 127 cm³/mol. The molecule has 0 saturated heterocycles. The quantitative estimate of drug-likeness (QED) is 0.265. The first kappa shape index (κ1) is 24.3. The Morgan fingerprint density at radius 1 is 1.03 bits per heavy atom. The number of ether oxygens (including phenoxy) is 2. The minimum atomic E-state index is -4.53. The lowest BCUT2D eigenvalue weighted by atomic mass is 9.92. The number of primary amides is 1. The zero-order valence-electron chi connectivity index (χ0n) is 18.1. The molecule has 0 aliphatic carbocycles. The molecule has 0 bridgehead atoms. The topological polar surface area (TPSA) is 165 Å². The molecule has 3 rings (SSSR count). The standard InChI is InChI=1S/C24H21N3O6S/c1-3-12-33-24(29)16-11-7-10-15(21(16)32-2)18-13-17(14-8-5-4-6-9-14)20(25)19(23(26)28)22(18)34(27,30)31/h1,4-11,13H,12,25H2,2H3,(H2,26,28)(H2,27,30,31). The SMILES string of the molecule is C#CCOC(=O)c1cccc(-c2cc(-c3ccccc3)c(N)c(C(N)=O)c2S(N)(=O)=O)c1OC. The highest BCUT2D eigenvalue weighted by Crippen LogP contribution is 2.43. The number of hydrogen-bond donors (Lipinski definition) is 3. The monoisotopic (exact) mass is 479 g/mol. The van der Waals surface area contributed by atoms with Crippen molar-refractivity contribution in [2.24, 2.45) is 10.9 Å². The number of amides is 1. The third-order valence-corrected chi connectivity index (χ3v) is 5.94. The largest absolute Gasteiger partial charge is 0.495 e. The molecule has 0 atom stereocenters. The molecular weight excluding hydrogens is 458 g/mol. The van der Waals surface area contributed by atoms with Crippen LogP contribution in [0.3, 0.4) is 0 Å². The van der Waals surface area contributed by atoms with Crippen LogP contribution in [0.25, 0.3) is 22.3 Å². The van der Waals surface area contributed by atoms with Gasteiger partial charge in [0.15, 0.2) is 6.61 Å². The number of rotatable bonds is 7. The molecule has 9 nitrogen and oxygen atoms in total. The molecule has 1 amide bonds. The molecule has 0 unspecified atom stereocenters. The molecule has 10 heteroatoms. The number of hydrogen-bond acceptors (Lipinski definition) is 7. The summed E-state index contributed by atoms with van der Waals surface area (Å²) in [5.74, 6) is 0.286. The van der Waals surface area contributed by atoms with Crippen molar-refractivity contribution in [3.63, 3.8) is 0 Å². The Bertz CT molecular complexity index is 1430. The number of esters is 1. The summed E-state index contributed by atoms with van der Waals surface area (Å²) in [6, 6.07) is 14.6. The lowest BCUT2D eigenvalue weighted by Gasteiger charge is -2.20. The van der Waals surface area contributed by atoms with E-state index < -0.39 is 32.4 Å². The highest BCUT2D eigenvalue weighted by molar-refractivity contribution is 7.89. The Morgan fingerprint density at radius 3 is 2.26 bits per heavy atom. The number of benzene rings is 3. The predicted octanol–water partition coefficient (Wildman–Crippen LogP) is 2.15. The smallest absolute Gasteiger partial charge is 0.342 e. The van der Waals surface area contributed by atoms with Crippen molar-refractivity contribution in [1.82, 2.24) is 0 Å². The molecule has 3 aromatic carbocycles. The second-order valence-electron chi connectivity index (χ2n) is 7.03. The van der Waals surface area contributed by atoms with Crippen LogP contribution in [0.2, 0.25) is 0 Å². The maximum absolute atomic E-state index is 12.7. The van der Waals surface area contributed by atoms with E-state index in [2.05, 4.69) is 5.92 Å². The summed E-state index contributed by atoms with van der Waals surface area (Å²) in [6.07, 6.45) is 5.15. The molecule has 0 saturated carbocycles. The molecule has 0 aliphatic rings. The minimum Gasteiger partial charge on any atom is -0.495 e.